The molecule has 0 aliphatic rings. The molecule has 2 aromatic rings. The van der Waals surface area contributed by atoms with Gasteiger partial charge in [0, 0.05) is 7.05 Å². The summed E-state index contributed by atoms with van der Waals surface area (Å²) in [6.07, 6.45) is 4.99. The Labute approximate surface area is 74.2 Å². The molecule has 5 heteroatoms. The van der Waals surface area contributed by atoms with Crippen molar-refractivity contribution in [2.24, 2.45) is 7.05 Å². The van der Waals surface area contributed by atoms with E-state index < -0.39 is 0 Å². The van der Waals surface area contributed by atoms with E-state index in [4.69, 9.17) is 11.6 Å². The molecular formula is C7H7ClN4. The van der Waals surface area contributed by atoms with Gasteiger partial charge in [0.05, 0.1) is 24.5 Å². The van der Waals surface area contributed by atoms with Gasteiger partial charge in [-0.05, 0) is 0 Å². The number of H-pyrrole nitrogens is 1. The zero-order chi connectivity index (χ0) is 8.55. The van der Waals surface area contributed by atoms with Crippen LogP contribution in [0.3, 0.4) is 0 Å². The summed E-state index contributed by atoms with van der Waals surface area (Å²) in [5.41, 5.74) is 1.73. The molecule has 0 bridgehead atoms. The fourth-order valence-electron chi connectivity index (χ4n) is 1.09. The van der Waals surface area contributed by atoms with Crippen LogP contribution in [0.15, 0.2) is 18.9 Å². The average molecular weight is 183 g/mol. The highest BCUT2D eigenvalue weighted by Crippen LogP contribution is 2.23. The number of nitrogens with zero attached hydrogens (tertiary/aromatic N) is 3. The number of hydrogen-bond donors (Lipinski definition) is 1. The third kappa shape index (κ3) is 1.00. The minimum absolute atomic E-state index is 0.488. The van der Waals surface area contributed by atoms with Crippen LogP contribution in [0.5, 0.6) is 0 Å². The molecule has 0 unspecified atom stereocenters. The lowest BCUT2D eigenvalue weighted by Gasteiger charge is -1.97. The number of nitrogens with one attached hydrogen (secondary N) is 1. The number of aromatic nitrogens is 4. The Balaban J connectivity index is 2.60. The third-order valence-corrected chi connectivity index (χ3v) is 1.92. The predicted octanol–water partition coefficient (Wildman–Crippen LogP) is 1.46. The van der Waals surface area contributed by atoms with Crippen molar-refractivity contribution in [2.45, 2.75) is 0 Å². The molecule has 0 fully saturated rings. The number of hydrogen-bond acceptors (Lipinski definition) is 2. The van der Waals surface area contributed by atoms with E-state index in [9.17, 15) is 0 Å². The summed E-state index contributed by atoms with van der Waals surface area (Å²) in [6.45, 7) is 0. The summed E-state index contributed by atoms with van der Waals surface area (Å²) in [5, 5.41) is 0.488. The van der Waals surface area contributed by atoms with Crippen LogP contribution < -0.4 is 0 Å². The van der Waals surface area contributed by atoms with Crippen molar-refractivity contribution in [2.75, 3.05) is 0 Å². The molecule has 62 valence electrons. The van der Waals surface area contributed by atoms with E-state index in [2.05, 4.69) is 15.0 Å². The fourth-order valence-corrected chi connectivity index (χ4v) is 1.37. The third-order valence-electron chi connectivity index (χ3n) is 1.65. The Bertz CT molecular complexity index is 357. The van der Waals surface area contributed by atoms with Crippen molar-refractivity contribution in [1.82, 2.24) is 19.5 Å². The maximum Gasteiger partial charge on any atom is 0.156 e. The normalized spacial score (nSPS) is 10.5. The first-order valence-electron chi connectivity index (χ1n) is 3.44. The van der Waals surface area contributed by atoms with E-state index in [0.29, 0.717) is 5.15 Å². The number of imidazole rings is 2. The summed E-state index contributed by atoms with van der Waals surface area (Å²) in [6, 6.07) is 0. The van der Waals surface area contributed by atoms with Gasteiger partial charge in [0.1, 0.15) is 5.69 Å². The van der Waals surface area contributed by atoms with Gasteiger partial charge in [-0.1, -0.05) is 11.6 Å². The molecule has 2 rings (SSSR count). The highest BCUT2D eigenvalue weighted by atomic mass is 35.5. The lowest BCUT2D eigenvalue weighted by atomic mass is 10.3. The van der Waals surface area contributed by atoms with Gasteiger partial charge < -0.3 is 9.55 Å². The van der Waals surface area contributed by atoms with Crippen molar-refractivity contribution in [3.8, 4) is 11.4 Å². The number of halogens is 1. The quantitative estimate of drug-likeness (QED) is 0.726. The highest BCUT2D eigenvalue weighted by Gasteiger charge is 2.09. The molecule has 0 radical (unpaired) electrons. The van der Waals surface area contributed by atoms with Crippen LogP contribution in [0.25, 0.3) is 11.4 Å². The molecule has 4 nitrogen and oxygen atoms in total. The van der Waals surface area contributed by atoms with Crippen LogP contribution in [0.4, 0.5) is 0 Å². The van der Waals surface area contributed by atoms with Crippen molar-refractivity contribution in [3.05, 3.63) is 24.0 Å². The number of aromatic amines is 1. The fraction of sp³-hybridized carbons (Fsp3) is 0.143. The van der Waals surface area contributed by atoms with Crippen molar-refractivity contribution < 1.29 is 0 Å². The van der Waals surface area contributed by atoms with Gasteiger partial charge in [0.2, 0.25) is 0 Å². The van der Waals surface area contributed by atoms with Gasteiger partial charge in [-0.15, -0.1) is 0 Å². The molecule has 0 saturated heterocycles. The van der Waals surface area contributed by atoms with Crippen LogP contribution in [0.2, 0.25) is 5.15 Å². The maximum absolute atomic E-state index is 5.86. The molecule has 0 aliphatic carbocycles. The molecule has 0 aromatic carbocycles. The Morgan fingerprint density at radius 2 is 2.42 bits per heavy atom. The van der Waals surface area contributed by atoms with Crippen LogP contribution in [0.1, 0.15) is 0 Å². The molecular weight excluding hydrogens is 176 g/mol. The van der Waals surface area contributed by atoms with Gasteiger partial charge in [0.25, 0.3) is 0 Å². The molecule has 0 aliphatic heterocycles. The Hall–Kier alpha value is -1.29. The first kappa shape index (κ1) is 7.36. The summed E-state index contributed by atoms with van der Waals surface area (Å²) in [4.78, 5) is 10.8. The molecule has 12 heavy (non-hydrogen) atoms. The lowest BCUT2D eigenvalue weighted by molar-refractivity contribution is 0.918. The molecule has 2 aromatic heterocycles. The smallest absolute Gasteiger partial charge is 0.156 e. The summed E-state index contributed by atoms with van der Waals surface area (Å²) >= 11 is 5.86. The largest absolute Gasteiger partial charge is 0.343 e. The van der Waals surface area contributed by atoms with Crippen LogP contribution >= 0.6 is 11.6 Å². The van der Waals surface area contributed by atoms with Crippen molar-refractivity contribution in [3.63, 3.8) is 0 Å². The van der Waals surface area contributed by atoms with E-state index in [1.165, 1.54) is 0 Å². The van der Waals surface area contributed by atoms with Crippen LogP contribution in [0, 0.1) is 0 Å². The standard InChI is InChI=1S/C7H7ClN4/c1-12-4-11-7(8)6(12)5-2-9-3-10-5/h2-4H,1H3,(H,9,10). The first-order chi connectivity index (χ1) is 5.79. The van der Waals surface area contributed by atoms with E-state index >= 15 is 0 Å². The Morgan fingerprint density at radius 3 is 2.92 bits per heavy atom. The molecule has 0 saturated carbocycles. The minimum Gasteiger partial charge on any atom is -0.343 e. The zero-order valence-corrected chi connectivity index (χ0v) is 7.21. The average Bonchev–Trinajstić information content (AvgIpc) is 2.61. The molecule has 0 amide bonds. The topological polar surface area (TPSA) is 46.5 Å². The molecule has 0 atom stereocenters. The van der Waals surface area contributed by atoms with Gasteiger partial charge >= 0.3 is 0 Å². The van der Waals surface area contributed by atoms with Crippen LogP contribution in [-0.2, 0) is 7.05 Å². The van der Waals surface area contributed by atoms with Gasteiger partial charge in [-0.3, -0.25) is 0 Å². The van der Waals surface area contributed by atoms with Crippen molar-refractivity contribution in [1.29, 1.82) is 0 Å². The Kier molecular flexibility index (Phi) is 1.62. The van der Waals surface area contributed by atoms with Crippen LogP contribution in [-0.4, -0.2) is 19.5 Å². The van der Waals surface area contributed by atoms with Gasteiger partial charge in [0.15, 0.2) is 5.15 Å². The number of rotatable bonds is 1. The van der Waals surface area contributed by atoms with Crippen molar-refractivity contribution >= 4 is 11.6 Å². The highest BCUT2D eigenvalue weighted by molar-refractivity contribution is 6.31. The van der Waals surface area contributed by atoms with Gasteiger partial charge in [-0.25, -0.2) is 9.97 Å². The van der Waals surface area contributed by atoms with Gasteiger partial charge in [-0.2, -0.15) is 0 Å². The van der Waals surface area contributed by atoms with E-state index in [1.807, 2.05) is 11.6 Å². The monoisotopic (exact) mass is 182 g/mol. The number of aryl methyl sites for hydroxylation is 1. The maximum atomic E-state index is 5.86. The molecule has 2 heterocycles. The lowest BCUT2D eigenvalue weighted by Crippen LogP contribution is -1.89. The Morgan fingerprint density at radius 1 is 1.58 bits per heavy atom. The second-order valence-corrected chi connectivity index (χ2v) is 2.82. The molecule has 1 N–H and O–H groups in total. The van der Waals surface area contributed by atoms with E-state index in [-0.39, 0.29) is 0 Å². The summed E-state index contributed by atoms with van der Waals surface area (Å²) < 4.78 is 1.84. The second kappa shape index (κ2) is 2.64. The second-order valence-electron chi connectivity index (χ2n) is 2.46. The summed E-state index contributed by atoms with van der Waals surface area (Å²) in [5.74, 6) is 0. The minimum atomic E-state index is 0.488. The first-order valence-corrected chi connectivity index (χ1v) is 3.82. The van der Waals surface area contributed by atoms with E-state index in [0.717, 1.165) is 11.4 Å². The SMILES string of the molecule is Cn1cnc(Cl)c1-c1cnc[nH]1. The zero-order valence-electron chi connectivity index (χ0n) is 6.45. The summed E-state index contributed by atoms with van der Waals surface area (Å²) in [7, 11) is 1.88. The molecule has 0 spiro atoms. The van der Waals surface area contributed by atoms with E-state index in [1.54, 1.807) is 18.9 Å². The predicted molar refractivity (Wildman–Crippen MR) is 45.8 cm³/mol.